The van der Waals surface area contributed by atoms with Gasteiger partial charge in [-0.05, 0) is 24.6 Å². The Morgan fingerprint density at radius 1 is 1.30 bits per heavy atom. The van der Waals surface area contributed by atoms with E-state index in [1.165, 1.54) is 6.20 Å². The quantitative estimate of drug-likeness (QED) is 0.886. The van der Waals surface area contributed by atoms with Crippen LogP contribution in [0.2, 0.25) is 0 Å². The number of benzene rings is 1. The number of aliphatic carboxylic acids is 1. The maximum atomic E-state index is 12.1. The van der Waals surface area contributed by atoms with E-state index in [0.29, 0.717) is 16.8 Å². The summed E-state index contributed by atoms with van der Waals surface area (Å²) in [5.74, 6) is -1.12. The smallest absolute Gasteiger partial charge is 0.307 e. The van der Waals surface area contributed by atoms with Crippen LogP contribution in [0, 0.1) is 6.92 Å². The number of carbonyl (C=O) groups excluding carboxylic acids is 1. The average Bonchev–Trinajstić information content (AvgIpc) is 2.72. The molecule has 0 radical (unpaired) electrons. The van der Waals surface area contributed by atoms with E-state index >= 15 is 0 Å². The van der Waals surface area contributed by atoms with Gasteiger partial charge in [-0.15, -0.1) is 0 Å². The zero-order valence-electron chi connectivity index (χ0n) is 11.3. The molecular formula is C14H15N3O3. The van der Waals surface area contributed by atoms with Gasteiger partial charge in [-0.25, -0.2) is 0 Å². The Morgan fingerprint density at radius 3 is 2.45 bits per heavy atom. The molecule has 0 aliphatic carbocycles. The topological polar surface area (TPSA) is 84.2 Å². The molecule has 1 amide bonds. The minimum Gasteiger partial charge on any atom is -0.481 e. The molecule has 1 heterocycles. The Hall–Kier alpha value is -2.63. The molecule has 6 heteroatoms. The van der Waals surface area contributed by atoms with E-state index in [2.05, 4.69) is 10.4 Å². The third kappa shape index (κ3) is 3.03. The highest BCUT2D eigenvalue weighted by atomic mass is 16.4. The lowest BCUT2D eigenvalue weighted by molar-refractivity contribution is -0.136. The molecule has 0 bridgehead atoms. The molecule has 20 heavy (non-hydrogen) atoms. The highest BCUT2D eigenvalue weighted by Crippen LogP contribution is 2.13. The van der Waals surface area contributed by atoms with Gasteiger partial charge in [0, 0.05) is 18.4 Å². The van der Waals surface area contributed by atoms with E-state index in [0.717, 1.165) is 5.69 Å². The lowest BCUT2D eigenvalue weighted by atomic mass is 10.1. The molecule has 0 aliphatic heterocycles. The number of nitrogens with zero attached hydrogens (tertiary/aromatic N) is 2. The molecule has 0 fully saturated rings. The lowest BCUT2D eigenvalue weighted by Gasteiger charge is -2.05. The SMILES string of the molecule is Cc1c(C(=O)Nc2ccc(CC(=O)O)cc2)cnn1C. The molecule has 0 unspecified atom stereocenters. The molecule has 0 saturated heterocycles. The van der Waals surface area contributed by atoms with Gasteiger partial charge in [-0.2, -0.15) is 5.10 Å². The second-order valence-electron chi connectivity index (χ2n) is 4.49. The molecule has 104 valence electrons. The molecule has 0 spiro atoms. The fourth-order valence-corrected chi connectivity index (χ4v) is 1.80. The Bertz CT molecular complexity index is 644. The monoisotopic (exact) mass is 273 g/mol. The summed E-state index contributed by atoms with van der Waals surface area (Å²) < 4.78 is 1.63. The lowest BCUT2D eigenvalue weighted by Crippen LogP contribution is -2.13. The third-order valence-corrected chi connectivity index (χ3v) is 3.05. The molecule has 2 N–H and O–H groups in total. The zero-order chi connectivity index (χ0) is 14.7. The Labute approximate surface area is 116 Å². The third-order valence-electron chi connectivity index (χ3n) is 3.05. The van der Waals surface area contributed by atoms with Crippen molar-refractivity contribution in [1.82, 2.24) is 9.78 Å². The van der Waals surface area contributed by atoms with Crippen molar-refractivity contribution in [2.75, 3.05) is 5.32 Å². The van der Waals surface area contributed by atoms with E-state index < -0.39 is 5.97 Å². The first-order valence-corrected chi connectivity index (χ1v) is 6.08. The van der Waals surface area contributed by atoms with Crippen molar-refractivity contribution in [3.8, 4) is 0 Å². The molecule has 0 atom stereocenters. The number of aryl methyl sites for hydroxylation is 1. The van der Waals surface area contributed by atoms with Gasteiger partial charge in [0.15, 0.2) is 0 Å². The van der Waals surface area contributed by atoms with Crippen LogP contribution in [0.5, 0.6) is 0 Å². The summed E-state index contributed by atoms with van der Waals surface area (Å²) in [7, 11) is 1.77. The van der Waals surface area contributed by atoms with Gasteiger partial charge in [-0.1, -0.05) is 12.1 Å². The minimum atomic E-state index is -0.882. The van der Waals surface area contributed by atoms with E-state index in [4.69, 9.17) is 5.11 Å². The molecular weight excluding hydrogens is 258 g/mol. The standard InChI is InChI=1S/C14H15N3O3/c1-9-12(8-15-17(9)2)14(20)16-11-5-3-10(4-6-11)7-13(18)19/h3-6,8H,7H2,1-2H3,(H,16,20)(H,18,19). The number of hydrogen-bond acceptors (Lipinski definition) is 3. The zero-order valence-corrected chi connectivity index (χ0v) is 11.3. The average molecular weight is 273 g/mol. The fourth-order valence-electron chi connectivity index (χ4n) is 1.80. The molecule has 0 saturated carbocycles. The van der Waals surface area contributed by atoms with Crippen molar-refractivity contribution in [3.63, 3.8) is 0 Å². The maximum absolute atomic E-state index is 12.1. The van der Waals surface area contributed by atoms with Crippen LogP contribution in [-0.4, -0.2) is 26.8 Å². The van der Waals surface area contributed by atoms with Gasteiger partial charge in [0.1, 0.15) is 0 Å². The van der Waals surface area contributed by atoms with E-state index in [-0.39, 0.29) is 12.3 Å². The van der Waals surface area contributed by atoms with Gasteiger partial charge in [-0.3, -0.25) is 14.3 Å². The summed E-state index contributed by atoms with van der Waals surface area (Å²) in [5.41, 5.74) is 2.60. The number of amides is 1. The van der Waals surface area contributed by atoms with Crippen molar-refractivity contribution in [2.45, 2.75) is 13.3 Å². The molecule has 2 rings (SSSR count). The van der Waals surface area contributed by atoms with Crippen molar-refractivity contribution in [3.05, 3.63) is 47.3 Å². The van der Waals surface area contributed by atoms with Gasteiger partial charge in [0.05, 0.1) is 18.2 Å². The number of anilines is 1. The van der Waals surface area contributed by atoms with Gasteiger partial charge < -0.3 is 10.4 Å². The highest BCUT2D eigenvalue weighted by molar-refractivity contribution is 6.04. The van der Waals surface area contributed by atoms with Crippen LogP contribution in [0.25, 0.3) is 0 Å². The van der Waals surface area contributed by atoms with Crippen molar-refractivity contribution in [1.29, 1.82) is 0 Å². The highest BCUT2D eigenvalue weighted by Gasteiger charge is 2.12. The summed E-state index contributed by atoms with van der Waals surface area (Å²) in [6, 6.07) is 6.73. The number of hydrogen-bond donors (Lipinski definition) is 2. The summed E-state index contributed by atoms with van der Waals surface area (Å²) in [6.07, 6.45) is 1.49. The molecule has 0 aliphatic rings. The predicted molar refractivity (Wildman–Crippen MR) is 73.7 cm³/mol. The summed E-state index contributed by atoms with van der Waals surface area (Å²) >= 11 is 0. The van der Waals surface area contributed by atoms with E-state index in [1.807, 2.05) is 6.92 Å². The van der Waals surface area contributed by atoms with Crippen molar-refractivity contribution in [2.24, 2.45) is 7.05 Å². The van der Waals surface area contributed by atoms with Crippen molar-refractivity contribution >= 4 is 17.6 Å². The molecule has 2 aromatic rings. The van der Waals surface area contributed by atoms with Gasteiger partial charge in [0.25, 0.3) is 5.91 Å². The predicted octanol–water partition coefficient (Wildman–Crippen LogP) is 1.61. The summed E-state index contributed by atoms with van der Waals surface area (Å²) in [5, 5.41) is 15.5. The number of aromatic nitrogens is 2. The van der Waals surface area contributed by atoms with E-state index in [1.54, 1.807) is 36.0 Å². The molecule has 1 aromatic heterocycles. The largest absolute Gasteiger partial charge is 0.481 e. The van der Waals surface area contributed by atoms with Crippen LogP contribution in [0.15, 0.2) is 30.5 Å². The maximum Gasteiger partial charge on any atom is 0.307 e. The Morgan fingerprint density at radius 2 is 1.95 bits per heavy atom. The first-order valence-electron chi connectivity index (χ1n) is 6.08. The van der Waals surface area contributed by atoms with Crippen LogP contribution in [0.3, 0.4) is 0 Å². The van der Waals surface area contributed by atoms with Crippen LogP contribution in [0.1, 0.15) is 21.6 Å². The second kappa shape index (κ2) is 5.56. The Balaban J connectivity index is 2.08. The number of carboxylic acid groups (broad SMARTS) is 1. The summed E-state index contributed by atoms with van der Waals surface area (Å²) in [4.78, 5) is 22.6. The fraction of sp³-hybridized carbons (Fsp3) is 0.214. The normalized spacial score (nSPS) is 10.3. The van der Waals surface area contributed by atoms with Crippen LogP contribution >= 0.6 is 0 Å². The van der Waals surface area contributed by atoms with Crippen LogP contribution < -0.4 is 5.32 Å². The van der Waals surface area contributed by atoms with Gasteiger partial charge >= 0.3 is 5.97 Å². The van der Waals surface area contributed by atoms with E-state index in [9.17, 15) is 9.59 Å². The Kier molecular flexibility index (Phi) is 3.84. The second-order valence-corrected chi connectivity index (χ2v) is 4.49. The number of rotatable bonds is 4. The van der Waals surface area contributed by atoms with Crippen LogP contribution in [-0.2, 0) is 18.3 Å². The molecule has 6 nitrogen and oxygen atoms in total. The summed E-state index contributed by atoms with van der Waals surface area (Å²) in [6.45, 7) is 1.82. The first-order chi connectivity index (χ1) is 9.47. The minimum absolute atomic E-state index is 0.0318. The molecule has 1 aromatic carbocycles. The number of carboxylic acids is 1. The number of nitrogens with one attached hydrogen (secondary N) is 1. The van der Waals surface area contributed by atoms with Crippen LogP contribution in [0.4, 0.5) is 5.69 Å². The van der Waals surface area contributed by atoms with Gasteiger partial charge in [0.2, 0.25) is 0 Å². The first kappa shape index (κ1) is 13.8. The van der Waals surface area contributed by atoms with Crippen molar-refractivity contribution < 1.29 is 14.7 Å². The number of carbonyl (C=O) groups is 2.